The van der Waals surface area contributed by atoms with Crippen LogP contribution in [0.5, 0.6) is 0 Å². The average Bonchev–Trinajstić information content (AvgIpc) is 2.11. The molecule has 0 spiro atoms. The molecule has 13 heavy (non-hydrogen) atoms. The monoisotopic (exact) mass is 244 g/mol. The summed E-state index contributed by atoms with van der Waals surface area (Å²) < 4.78 is 1.44. The Labute approximate surface area is 90.9 Å². The van der Waals surface area contributed by atoms with E-state index in [0.29, 0.717) is 0 Å². The topological polar surface area (TPSA) is 0 Å². The lowest BCUT2D eigenvalue weighted by molar-refractivity contribution is 0.566. The van der Waals surface area contributed by atoms with Gasteiger partial charge in [0.1, 0.15) is 0 Å². The molecule has 1 rings (SSSR count). The van der Waals surface area contributed by atoms with E-state index in [2.05, 4.69) is 22.0 Å². The largest absolute Gasteiger partial charge is 0.0744 e. The van der Waals surface area contributed by atoms with E-state index in [1.54, 1.807) is 0 Å². The van der Waals surface area contributed by atoms with Gasteiger partial charge in [-0.3, -0.25) is 0 Å². The summed E-state index contributed by atoms with van der Waals surface area (Å²) in [4.78, 5) is 0. The van der Waals surface area contributed by atoms with Crippen LogP contribution in [0.1, 0.15) is 64.2 Å². The maximum absolute atomic E-state index is 3.64. The molecule has 1 heteroatoms. The van der Waals surface area contributed by atoms with E-state index in [0.717, 1.165) is 0 Å². The molecule has 0 aromatic heterocycles. The van der Waals surface area contributed by atoms with E-state index >= 15 is 0 Å². The van der Waals surface area contributed by atoms with E-state index in [1.807, 2.05) is 0 Å². The molecule has 0 saturated heterocycles. The SMILES string of the molecule is Br/C1=C/CCCCCCCCCC1. The van der Waals surface area contributed by atoms with Crippen LogP contribution in [0.25, 0.3) is 0 Å². The second kappa shape index (κ2) is 7.61. The standard InChI is InChI=1S/C12H21Br/c13-12-10-8-6-4-2-1-3-5-7-9-11-12/h10H,1-9,11H2/b12-10+. The Bertz CT molecular complexity index is 149. The lowest BCUT2D eigenvalue weighted by Crippen LogP contribution is -1.84. The molecule has 0 saturated carbocycles. The Kier molecular flexibility index (Phi) is 6.61. The molecular formula is C12H21Br. The average molecular weight is 245 g/mol. The summed E-state index contributed by atoms with van der Waals surface area (Å²) in [6.45, 7) is 0. The Hall–Kier alpha value is 0.220. The van der Waals surface area contributed by atoms with Crippen LogP contribution in [-0.2, 0) is 0 Å². The third-order valence-electron chi connectivity index (χ3n) is 2.74. The molecule has 0 aromatic carbocycles. The van der Waals surface area contributed by atoms with Gasteiger partial charge in [-0.2, -0.15) is 0 Å². The molecular weight excluding hydrogens is 224 g/mol. The highest BCUT2D eigenvalue weighted by atomic mass is 79.9. The molecule has 0 N–H and O–H groups in total. The van der Waals surface area contributed by atoms with Crippen LogP contribution < -0.4 is 0 Å². The van der Waals surface area contributed by atoms with Gasteiger partial charge in [-0.15, -0.1) is 0 Å². The van der Waals surface area contributed by atoms with E-state index in [-0.39, 0.29) is 0 Å². The van der Waals surface area contributed by atoms with Gasteiger partial charge in [0.2, 0.25) is 0 Å². The van der Waals surface area contributed by atoms with Crippen molar-refractivity contribution in [1.82, 2.24) is 0 Å². The van der Waals surface area contributed by atoms with Gasteiger partial charge in [-0.05, 0) is 30.2 Å². The Balaban J connectivity index is 2.23. The van der Waals surface area contributed by atoms with Crippen LogP contribution in [0.4, 0.5) is 0 Å². The van der Waals surface area contributed by atoms with Crippen molar-refractivity contribution in [3.63, 3.8) is 0 Å². The van der Waals surface area contributed by atoms with Crippen molar-refractivity contribution < 1.29 is 0 Å². The van der Waals surface area contributed by atoms with Gasteiger partial charge < -0.3 is 0 Å². The predicted molar refractivity (Wildman–Crippen MR) is 63.2 cm³/mol. The lowest BCUT2D eigenvalue weighted by atomic mass is 10.0. The molecule has 0 fully saturated rings. The summed E-state index contributed by atoms with van der Waals surface area (Å²) in [5, 5.41) is 0. The van der Waals surface area contributed by atoms with Crippen LogP contribution in [0.3, 0.4) is 0 Å². The van der Waals surface area contributed by atoms with E-state index in [4.69, 9.17) is 0 Å². The molecule has 1 aliphatic carbocycles. The summed E-state index contributed by atoms with van der Waals surface area (Å²) in [5.74, 6) is 0. The minimum absolute atomic E-state index is 1.26. The first kappa shape index (κ1) is 11.3. The Morgan fingerprint density at radius 2 is 1.31 bits per heavy atom. The van der Waals surface area contributed by atoms with Crippen molar-refractivity contribution in [3.05, 3.63) is 10.6 Å². The van der Waals surface area contributed by atoms with E-state index in [9.17, 15) is 0 Å². The quantitative estimate of drug-likeness (QED) is 0.551. The van der Waals surface area contributed by atoms with Crippen LogP contribution in [0, 0.1) is 0 Å². The zero-order chi connectivity index (χ0) is 9.36. The molecule has 0 unspecified atom stereocenters. The maximum Gasteiger partial charge on any atom is -0.00892 e. The third-order valence-corrected chi connectivity index (χ3v) is 3.46. The molecule has 0 bridgehead atoms. The number of allylic oxidation sites excluding steroid dienone is 2. The fourth-order valence-corrected chi connectivity index (χ4v) is 2.37. The van der Waals surface area contributed by atoms with Gasteiger partial charge in [0.05, 0.1) is 0 Å². The number of hydrogen-bond acceptors (Lipinski definition) is 0. The number of hydrogen-bond donors (Lipinski definition) is 0. The maximum atomic E-state index is 3.64. The second-order valence-electron chi connectivity index (χ2n) is 4.02. The van der Waals surface area contributed by atoms with Gasteiger partial charge in [-0.25, -0.2) is 0 Å². The molecule has 0 aliphatic heterocycles. The van der Waals surface area contributed by atoms with Crippen molar-refractivity contribution in [2.45, 2.75) is 64.2 Å². The van der Waals surface area contributed by atoms with Gasteiger partial charge in [-0.1, -0.05) is 60.5 Å². The van der Waals surface area contributed by atoms with Crippen LogP contribution in [0.2, 0.25) is 0 Å². The van der Waals surface area contributed by atoms with Crippen molar-refractivity contribution >= 4 is 15.9 Å². The van der Waals surface area contributed by atoms with Gasteiger partial charge in [0.15, 0.2) is 0 Å². The van der Waals surface area contributed by atoms with Crippen molar-refractivity contribution in [2.75, 3.05) is 0 Å². The normalized spacial score (nSPS) is 26.7. The summed E-state index contributed by atoms with van der Waals surface area (Å²) in [7, 11) is 0. The van der Waals surface area contributed by atoms with Crippen molar-refractivity contribution in [2.24, 2.45) is 0 Å². The molecule has 76 valence electrons. The summed E-state index contributed by atoms with van der Waals surface area (Å²) in [6, 6.07) is 0. The minimum Gasteiger partial charge on any atom is -0.0744 e. The van der Waals surface area contributed by atoms with Crippen molar-refractivity contribution in [1.29, 1.82) is 0 Å². The molecule has 0 nitrogen and oxygen atoms in total. The zero-order valence-electron chi connectivity index (χ0n) is 8.53. The van der Waals surface area contributed by atoms with E-state index in [1.165, 1.54) is 68.7 Å². The predicted octanol–water partition coefficient (Wildman–Crippen LogP) is 5.18. The second-order valence-corrected chi connectivity index (χ2v) is 5.04. The summed E-state index contributed by atoms with van der Waals surface area (Å²) >= 11 is 3.64. The number of halogens is 1. The van der Waals surface area contributed by atoms with Gasteiger partial charge in [0.25, 0.3) is 0 Å². The van der Waals surface area contributed by atoms with E-state index < -0.39 is 0 Å². The summed E-state index contributed by atoms with van der Waals surface area (Å²) in [5.41, 5.74) is 0. The van der Waals surface area contributed by atoms with Crippen LogP contribution in [-0.4, -0.2) is 0 Å². The molecule has 0 heterocycles. The zero-order valence-corrected chi connectivity index (χ0v) is 10.1. The van der Waals surface area contributed by atoms with Crippen molar-refractivity contribution in [3.8, 4) is 0 Å². The van der Waals surface area contributed by atoms with Gasteiger partial charge >= 0.3 is 0 Å². The highest BCUT2D eigenvalue weighted by Crippen LogP contribution is 2.19. The fourth-order valence-electron chi connectivity index (χ4n) is 1.86. The first-order valence-electron chi connectivity index (χ1n) is 5.74. The summed E-state index contributed by atoms with van der Waals surface area (Å²) in [6.07, 6.45) is 16.3. The minimum atomic E-state index is 1.26. The molecule has 0 amide bonds. The van der Waals surface area contributed by atoms with Gasteiger partial charge in [0, 0.05) is 0 Å². The van der Waals surface area contributed by atoms with Crippen LogP contribution in [0.15, 0.2) is 10.6 Å². The molecule has 1 aliphatic rings. The van der Waals surface area contributed by atoms with Crippen LogP contribution >= 0.6 is 15.9 Å². The lowest BCUT2D eigenvalue weighted by Gasteiger charge is -2.04. The Morgan fingerprint density at radius 3 is 2.00 bits per heavy atom. The first-order chi connectivity index (χ1) is 6.39. The smallest absolute Gasteiger partial charge is 0.00892 e. The molecule has 0 aromatic rings. The molecule has 0 radical (unpaired) electrons. The highest BCUT2D eigenvalue weighted by Gasteiger charge is 1.96. The number of rotatable bonds is 0. The third kappa shape index (κ3) is 6.31. The Morgan fingerprint density at radius 1 is 0.769 bits per heavy atom. The first-order valence-corrected chi connectivity index (χ1v) is 6.53. The fraction of sp³-hybridized carbons (Fsp3) is 0.833. The highest BCUT2D eigenvalue weighted by molar-refractivity contribution is 9.11. The molecule has 0 atom stereocenters.